The molecule has 2 N–H and O–H groups in total. The van der Waals surface area contributed by atoms with Crippen molar-refractivity contribution in [3.05, 3.63) is 0 Å². The predicted molar refractivity (Wildman–Crippen MR) is 72.8 cm³/mol. The molecule has 0 bridgehead atoms. The first-order valence-corrected chi connectivity index (χ1v) is 8.32. The average molecular weight is 278 g/mol. The fraction of sp³-hybridized carbons (Fsp3) is 1.00. The van der Waals surface area contributed by atoms with E-state index in [1.54, 1.807) is 11.4 Å². The molecule has 6 heteroatoms. The van der Waals surface area contributed by atoms with Crippen LogP contribution >= 0.6 is 0 Å². The molecule has 0 radical (unpaired) electrons. The minimum atomic E-state index is -3.17. The normalized spacial score (nSPS) is 18.2. The predicted octanol–water partition coefficient (Wildman–Crippen LogP) is 0.802. The van der Waals surface area contributed by atoms with Crippen LogP contribution in [0.15, 0.2) is 0 Å². The molecule has 0 aromatic carbocycles. The Labute approximate surface area is 111 Å². The highest BCUT2D eigenvalue weighted by atomic mass is 32.2. The van der Waals surface area contributed by atoms with E-state index < -0.39 is 10.0 Å². The first kappa shape index (κ1) is 15.9. The number of rotatable bonds is 10. The average Bonchev–Trinajstić information content (AvgIpc) is 3.13. The molecule has 5 nitrogen and oxygen atoms in total. The quantitative estimate of drug-likeness (QED) is 0.600. The van der Waals surface area contributed by atoms with Crippen molar-refractivity contribution in [2.24, 2.45) is 11.7 Å². The lowest BCUT2D eigenvalue weighted by atomic mass is 10.2. The number of nitrogens with two attached hydrogens (primary N) is 1. The van der Waals surface area contributed by atoms with Gasteiger partial charge in [-0.25, -0.2) is 8.42 Å². The van der Waals surface area contributed by atoms with Gasteiger partial charge in [-0.3, -0.25) is 0 Å². The molecule has 1 aliphatic carbocycles. The highest BCUT2D eigenvalue weighted by Crippen LogP contribution is 2.36. The zero-order valence-corrected chi connectivity index (χ0v) is 12.3. The lowest BCUT2D eigenvalue weighted by Crippen LogP contribution is -2.43. The number of nitrogens with zero attached hydrogens (tertiary/aromatic N) is 1. The second-order valence-electron chi connectivity index (χ2n) is 4.99. The Morgan fingerprint density at radius 3 is 2.56 bits per heavy atom. The SMILES string of the molecule is COCCN(C(C)C1CC1)S(=O)(=O)CCCCN. The van der Waals surface area contributed by atoms with Gasteiger partial charge < -0.3 is 10.5 Å². The van der Waals surface area contributed by atoms with Gasteiger partial charge in [-0.1, -0.05) is 0 Å². The van der Waals surface area contributed by atoms with E-state index in [9.17, 15) is 8.42 Å². The molecule has 1 unspecified atom stereocenters. The van der Waals surface area contributed by atoms with Crippen molar-refractivity contribution >= 4 is 10.0 Å². The molecule has 0 aliphatic heterocycles. The Morgan fingerprint density at radius 1 is 1.39 bits per heavy atom. The molecule has 1 atom stereocenters. The van der Waals surface area contributed by atoms with Crippen molar-refractivity contribution < 1.29 is 13.2 Å². The van der Waals surface area contributed by atoms with Crippen LogP contribution in [0.25, 0.3) is 0 Å². The van der Waals surface area contributed by atoms with E-state index in [1.165, 1.54) is 0 Å². The molecule has 1 rings (SSSR count). The highest BCUT2D eigenvalue weighted by Gasteiger charge is 2.36. The number of unbranched alkanes of at least 4 members (excludes halogenated alkanes) is 1. The smallest absolute Gasteiger partial charge is 0.214 e. The molecule has 108 valence electrons. The zero-order chi connectivity index (χ0) is 13.6. The largest absolute Gasteiger partial charge is 0.383 e. The van der Waals surface area contributed by atoms with Gasteiger partial charge in [-0.05, 0) is 45.1 Å². The second kappa shape index (κ2) is 7.43. The molecule has 18 heavy (non-hydrogen) atoms. The van der Waals surface area contributed by atoms with Crippen molar-refractivity contribution in [3.8, 4) is 0 Å². The summed E-state index contributed by atoms with van der Waals surface area (Å²) in [7, 11) is -1.58. The third-order valence-corrected chi connectivity index (χ3v) is 5.52. The number of methoxy groups -OCH3 is 1. The van der Waals surface area contributed by atoms with Crippen LogP contribution in [-0.2, 0) is 14.8 Å². The summed E-state index contributed by atoms with van der Waals surface area (Å²) in [5.74, 6) is 0.733. The number of sulfonamides is 1. The standard InChI is InChI=1S/C12H26N2O3S/c1-11(12-5-6-12)14(8-9-17-2)18(15,16)10-4-3-7-13/h11-12H,3-10,13H2,1-2H3. The Morgan fingerprint density at radius 2 is 2.06 bits per heavy atom. The lowest BCUT2D eigenvalue weighted by molar-refractivity contribution is 0.164. The summed E-state index contributed by atoms with van der Waals surface area (Å²) >= 11 is 0. The van der Waals surface area contributed by atoms with Crippen molar-refractivity contribution in [1.29, 1.82) is 0 Å². The number of hydrogen-bond acceptors (Lipinski definition) is 4. The first-order valence-electron chi connectivity index (χ1n) is 6.71. The second-order valence-corrected chi connectivity index (χ2v) is 7.03. The fourth-order valence-electron chi connectivity index (χ4n) is 2.14. The van der Waals surface area contributed by atoms with E-state index in [0.717, 1.165) is 19.3 Å². The Kier molecular flexibility index (Phi) is 6.55. The van der Waals surface area contributed by atoms with Gasteiger partial charge in [0.05, 0.1) is 12.4 Å². The summed E-state index contributed by atoms with van der Waals surface area (Å²) in [6.45, 7) is 3.46. The molecule has 0 amide bonds. The molecule has 0 spiro atoms. The summed E-state index contributed by atoms with van der Waals surface area (Å²) in [6.07, 6.45) is 3.68. The topological polar surface area (TPSA) is 72.6 Å². The lowest BCUT2D eigenvalue weighted by Gasteiger charge is -2.28. The minimum absolute atomic E-state index is 0.100. The van der Waals surface area contributed by atoms with Gasteiger partial charge in [0, 0.05) is 19.7 Å². The van der Waals surface area contributed by atoms with Gasteiger partial charge in [0.2, 0.25) is 10.0 Å². The van der Waals surface area contributed by atoms with Crippen molar-refractivity contribution in [1.82, 2.24) is 4.31 Å². The van der Waals surface area contributed by atoms with Crippen LogP contribution in [0.5, 0.6) is 0 Å². The molecular weight excluding hydrogens is 252 g/mol. The molecule has 0 aromatic heterocycles. The maximum atomic E-state index is 12.3. The van der Waals surface area contributed by atoms with Crippen LogP contribution in [0.3, 0.4) is 0 Å². The molecule has 0 saturated heterocycles. The van der Waals surface area contributed by atoms with Gasteiger partial charge in [-0.2, -0.15) is 4.31 Å². The third-order valence-electron chi connectivity index (χ3n) is 3.49. The summed E-state index contributed by atoms with van der Waals surface area (Å²) < 4.78 is 31.3. The molecule has 1 saturated carbocycles. The van der Waals surface area contributed by atoms with Crippen LogP contribution in [0.4, 0.5) is 0 Å². The summed E-state index contributed by atoms with van der Waals surface area (Å²) in [5, 5.41) is 0. The van der Waals surface area contributed by atoms with E-state index in [4.69, 9.17) is 10.5 Å². The van der Waals surface area contributed by atoms with Crippen LogP contribution < -0.4 is 5.73 Å². The number of hydrogen-bond donors (Lipinski definition) is 1. The maximum absolute atomic E-state index is 12.3. The Bertz CT molecular complexity index is 328. The van der Waals surface area contributed by atoms with Gasteiger partial charge in [-0.15, -0.1) is 0 Å². The molecule has 1 fully saturated rings. The van der Waals surface area contributed by atoms with Crippen molar-refractivity contribution in [3.63, 3.8) is 0 Å². The van der Waals surface area contributed by atoms with Gasteiger partial charge in [0.25, 0.3) is 0 Å². The van der Waals surface area contributed by atoms with Gasteiger partial charge in [0.1, 0.15) is 0 Å². The number of ether oxygens (including phenoxy) is 1. The van der Waals surface area contributed by atoms with Crippen molar-refractivity contribution in [2.45, 2.75) is 38.6 Å². The monoisotopic (exact) mass is 278 g/mol. The van der Waals surface area contributed by atoms with E-state index in [2.05, 4.69) is 0 Å². The fourth-order valence-corrected chi connectivity index (χ4v) is 3.97. The van der Waals surface area contributed by atoms with Crippen molar-refractivity contribution in [2.75, 3.05) is 32.6 Å². The molecule has 1 aliphatic rings. The van der Waals surface area contributed by atoms with Crippen LogP contribution in [0.1, 0.15) is 32.6 Å². The summed E-state index contributed by atoms with van der Waals surface area (Å²) in [5.41, 5.74) is 5.40. The molecular formula is C12H26N2O3S. The van der Waals surface area contributed by atoms with E-state index in [-0.39, 0.29) is 11.8 Å². The highest BCUT2D eigenvalue weighted by molar-refractivity contribution is 7.89. The molecule has 0 aromatic rings. The van der Waals surface area contributed by atoms with Crippen LogP contribution in [0.2, 0.25) is 0 Å². The summed E-state index contributed by atoms with van der Waals surface area (Å²) in [6, 6.07) is 0.100. The third kappa shape index (κ3) is 4.84. The zero-order valence-electron chi connectivity index (χ0n) is 11.5. The van der Waals surface area contributed by atoms with Crippen LogP contribution in [0, 0.1) is 5.92 Å². The summed E-state index contributed by atoms with van der Waals surface area (Å²) in [4.78, 5) is 0. The minimum Gasteiger partial charge on any atom is -0.383 e. The maximum Gasteiger partial charge on any atom is 0.214 e. The van der Waals surface area contributed by atoms with E-state index >= 15 is 0 Å². The first-order chi connectivity index (χ1) is 8.53. The Hall–Kier alpha value is -0.170. The van der Waals surface area contributed by atoms with Crippen LogP contribution in [-0.4, -0.2) is 51.3 Å². The van der Waals surface area contributed by atoms with E-state index in [0.29, 0.717) is 32.0 Å². The Balaban J connectivity index is 2.60. The van der Waals surface area contributed by atoms with E-state index in [1.807, 2.05) is 6.92 Å². The molecule has 0 heterocycles. The van der Waals surface area contributed by atoms with Gasteiger partial charge in [0.15, 0.2) is 0 Å². The van der Waals surface area contributed by atoms with Gasteiger partial charge >= 0.3 is 0 Å².